The molecule has 0 radical (unpaired) electrons. The summed E-state index contributed by atoms with van der Waals surface area (Å²) in [5, 5.41) is 0. The second kappa shape index (κ2) is 12.1. The molecule has 0 unspecified atom stereocenters. The maximum atomic E-state index is 12.5. The standard InChI is InChI=1S/C30H36N2O7S/c1-22(33)39-30(20-37-29(2,3)38-21-30)17-5-7-23-9-13-25(14-10-23)27-19-28(34)32(27)26-15-11-24(12-16-26)8-6-18-31-40(4,35)36/h9-16,27,31H,6,8,17-21H2,1-4H3/t27-/m0/s1. The zero-order valence-electron chi connectivity index (χ0n) is 23.4. The number of amides is 1. The topological polar surface area (TPSA) is 111 Å². The van der Waals surface area contributed by atoms with Crippen molar-refractivity contribution >= 4 is 27.6 Å². The Morgan fingerprint density at radius 1 is 1.10 bits per heavy atom. The van der Waals surface area contributed by atoms with Gasteiger partial charge in [-0.15, -0.1) is 0 Å². The first-order chi connectivity index (χ1) is 18.8. The van der Waals surface area contributed by atoms with E-state index in [1.54, 1.807) is 4.90 Å². The molecule has 1 N–H and O–H groups in total. The lowest BCUT2D eigenvalue weighted by atomic mass is 9.92. The Balaban J connectivity index is 1.36. The largest absolute Gasteiger partial charge is 0.453 e. The minimum Gasteiger partial charge on any atom is -0.453 e. The molecule has 0 aromatic heterocycles. The van der Waals surface area contributed by atoms with Gasteiger partial charge in [0, 0.05) is 24.7 Å². The predicted molar refractivity (Wildman–Crippen MR) is 151 cm³/mol. The van der Waals surface area contributed by atoms with Crippen LogP contribution in [0.5, 0.6) is 0 Å². The van der Waals surface area contributed by atoms with Gasteiger partial charge in [-0.3, -0.25) is 9.59 Å². The summed E-state index contributed by atoms with van der Waals surface area (Å²) in [4.78, 5) is 26.0. The number of nitrogens with one attached hydrogen (secondary N) is 1. The molecule has 2 aliphatic rings. The Bertz CT molecular complexity index is 1380. The van der Waals surface area contributed by atoms with E-state index in [4.69, 9.17) is 14.2 Å². The summed E-state index contributed by atoms with van der Waals surface area (Å²) in [5.74, 6) is 5.16. The lowest BCUT2D eigenvalue weighted by Gasteiger charge is -2.41. The van der Waals surface area contributed by atoms with Crippen LogP contribution in [0, 0.1) is 11.8 Å². The van der Waals surface area contributed by atoms with E-state index in [-0.39, 0.29) is 31.6 Å². The second-order valence-corrected chi connectivity index (χ2v) is 12.6. The first-order valence-electron chi connectivity index (χ1n) is 13.3. The molecule has 10 heteroatoms. The third-order valence-electron chi connectivity index (χ3n) is 6.83. The predicted octanol–water partition coefficient (Wildman–Crippen LogP) is 3.47. The molecule has 1 atom stereocenters. The number of carbonyl (C=O) groups excluding carboxylic acids is 2. The summed E-state index contributed by atoms with van der Waals surface area (Å²) in [6, 6.07) is 15.6. The second-order valence-electron chi connectivity index (χ2n) is 10.8. The number of ether oxygens (including phenoxy) is 3. The lowest BCUT2D eigenvalue weighted by Crippen LogP contribution is -2.53. The molecule has 9 nitrogen and oxygen atoms in total. The van der Waals surface area contributed by atoms with Gasteiger partial charge in [-0.05, 0) is 62.1 Å². The van der Waals surface area contributed by atoms with E-state index < -0.39 is 27.4 Å². The number of nitrogens with zero attached hydrogens (tertiary/aromatic N) is 1. The van der Waals surface area contributed by atoms with Crippen molar-refractivity contribution in [1.82, 2.24) is 4.72 Å². The van der Waals surface area contributed by atoms with Crippen LogP contribution in [0.15, 0.2) is 48.5 Å². The Hall–Kier alpha value is -3.23. The Labute approximate surface area is 236 Å². The van der Waals surface area contributed by atoms with Crippen molar-refractivity contribution in [3.05, 3.63) is 65.2 Å². The van der Waals surface area contributed by atoms with Crippen molar-refractivity contribution < 1.29 is 32.2 Å². The van der Waals surface area contributed by atoms with Gasteiger partial charge in [-0.25, -0.2) is 13.1 Å². The number of carbonyl (C=O) groups is 2. The molecule has 0 aliphatic carbocycles. The van der Waals surface area contributed by atoms with Crippen molar-refractivity contribution in [2.24, 2.45) is 0 Å². The van der Waals surface area contributed by atoms with E-state index in [0.717, 1.165) is 35.1 Å². The molecular weight excluding hydrogens is 532 g/mol. The minimum atomic E-state index is -3.18. The summed E-state index contributed by atoms with van der Waals surface area (Å²) < 4.78 is 41.8. The average Bonchev–Trinajstić information content (AvgIpc) is 2.88. The van der Waals surface area contributed by atoms with Crippen molar-refractivity contribution in [3.63, 3.8) is 0 Å². The third-order valence-corrected chi connectivity index (χ3v) is 7.56. The molecule has 2 saturated heterocycles. The normalized spacial score (nSPS) is 19.8. The zero-order chi connectivity index (χ0) is 29.0. The van der Waals surface area contributed by atoms with Crippen molar-refractivity contribution in [1.29, 1.82) is 0 Å². The number of β-lactam (4-membered cyclic amide) rings is 1. The van der Waals surface area contributed by atoms with Gasteiger partial charge >= 0.3 is 5.97 Å². The highest BCUT2D eigenvalue weighted by Crippen LogP contribution is 2.39. The molecule has 1 amide bonds. The first-order valence-corrected chi connectivity index (χ1v) is 15.2. The maximum Gasteiger partial charge on any atom is 0.303 e. The fourth-order valence-corrected chi connectivity index (χ4v) is 5.19. The van der Waals surface area contributed by atoms with Crippen molar-refractivity contribution in [3.8, 4) is 11.8 Å². The molecule has 2 aliphatic heterocycles. The van der Waals surface area contributed by atoms with Gasteiger partial charge in [0.2, 0.25) is 15.9 Å². The highest BCUT2D eigenvalue weighted by molar-refractivity contribution is 7.88. The summed E-state index contributed by atoms with van der Waals surface area (Å²) in [5.41, 5.74) is 2.81. The van der Waals surface area contributed by atoms with Gasteiger partial charge in [0.25, 0.3) is 0 Å². The molecule has 0 saturated carbocycles. The van der Waals surface area contributed by atoms with Gasteiger partial charge in [0.15, 0.2) is 11.4 Å². The summed E-state index contributed by atoms with van der Waals surface area (Å²) in [7, 11) is -3.18. The van der Waals surface area contributed by atoms with Crippen LogP contribution in [-0.4, -0.2) is 57.7 Å². The molecule has 2 heterocycles. The van der Waals surface area contributed by atoms with E-state index in [0.29, 0.717) is 19.4 Å². The Morgan fingerprint density at radius 3 is 2.33 bits per heavy atom. The number of sulfonamides is 1. The number of rotatable bonds is 9. The molecule has 2 fully saturated rings. The number of benzene rings is 2. The highest BCUT2D eigenvalue weighted by Gasteiger charge is 2.42. The molecule has 0 bridgehead atoms. The van der Waals surface area contributed by atoms with Crippen molar-refractivity contribution in [2.75, 3.05) is 30.9 Å². The number of aryl methyl sites for hydroxylation is 1. The van der Waals surface area contributed by atoms with Crippen LogP contribution in [0.3, 0.4) is 0 Å². The maximum absolute atomic E-state index is 12.5. The lowest BCUT2D eigenvalue weighted by molar-refractivity contribution is -0.303. The summed E-state index contributed by atoms with van der Waals surface area (Å²) in [6.45, 7) is 5.80. The fraction of sp³-hybridized carbons (Fsp3) is 0.467. The third kappa shape index (κ3) is 7.92. The number of hydrogen-bond donors (Lipinski definition) is 1. The van der Waals surface area contributed by atoms with Crippen LogP contribution in [0.2, 0.25) is 0 Å². The Morgan fingerprint density at radius 2 is 1.75 bits per heavy atom. The molecule has 2 aromatic carbocycles. The van der Waals surface area contributed by atoms with Gasteiger partial charge in [0.05, 0.1) is 38.4 Å². The fourth-order valence-electron chi connectivity index (χ4n) is 4.67. The van der Waals surface area contributed by atoms with Gasteiger partial charge in [0.1, 0.15) is 0 Å². The van der Waals surface area contributed by atoms with Crippen LogP contribution < -0.4 is 9.62 Å². The zero-order valence-corrected chi connectivity index (χ0v) is 24.2. The average molecular weight is 569 g/mol. The SMILES string of the molecule is CC(=O)OC1(CC#Cc2ccc([C@@H]3CC(=O)N3c3ccc(CCCNS(C)(=O)=O)cc3)cc2)COC(C)(C)OC1. The van der Waals surface area contributed by atoms with Crippen LogP contribution in [0.25, 0.3) is 0 Å². The smallest absolute Gasteiger partial charge is 0.303 e. The van der Waals surface area contributed by atoms with E-state index in [1.807, 2.05) is 62.4 Å². The van der Waals surface area contributed by atoms with Crippen LogP contribution in [0.4, 0.5) is 5.69 Å². The first kappa shape index (κ1) is 29.7. The Kier molecular flexibility index (Phi) is 9.00. The number of hydrogen-bond acceptors (Lipinski definition) is 7. The molecule has 0 spiro atoms. The van der Waals surface area contributed by atoms with E-state index in [1.165, 1.54) is 6.92 Å². The van der Waals surface area contributed by atoms with Crippen LogP contribution >= 0.6 is 0 Å². The van der Waals surface area contributed by atoms with Crippen molar-refractivity contribution in [2.45, 2.75) is 63.9 Å². The van der Waals surface area contributed by atoms with Crippen LogP contribution in [-0.2, 0) is 40.2 Å². The molecule has 214 valence electrons. The quantitative estimate of drug-likeness (QED) is 0.213. The monoisotopic (exact) mass is 568 g/mol. The van der Waals surface area contributed by atoms with Gasteiger partial charge < -0.3 is 19.1 Å². The molecular formula is C30H36N2O7S. The van der Waals surface area contributed by atoms with E-state index >= 15 is 0 Å². The summed E-state index contributed by atoms with van der Waals surface area (Å²) in [6.07, 6.45) is 3.29. The molecule has 2 aromatic rings. The molecule has 4 rings (SSSR count). The van der Waals surface area contributed by atoms with Crippen LogP contribution in [0.1, 0.15) is 62.8 Å². The minimum absolute atomic E-state index is 0.0496. The molecule has 40 heavy (non-hydrogen) atoms. The van der Waals surface area contributed by atoms with E-state index in [2.05, 4.69) is 16.6 Å². The van der Waals surface area contributed by atoms with Gasteiger partial charge in [-0.2, -0.15) is 0 Å². The van der Waals surface area contributed by atoms with Gasteiger partial charge in [-0.1, -0.05) is 36.1 Å². The van der Waals surface area contributed by atoms with E-state index in [9.17, 15) is 18.0 Å². The number of esters is 1. The highest BCUT2D eigenvalue weighted by atomic mass is 32.2. The summed E-state index contributed by atoms with van der Waals surface area (Å²) >= 11 is 0. The number of anilines is 1.